The Morgan fingerprint density at radius 3 is 2.81 bits per heavy atom. The summed E-state index contributed by atoms with van der Waals surface area (Å²) in [5, 5.41) is 9.44. The van der Waals surface area contributed by atoms with E-state index in [0.717, 1.165) is 0 Å². The SMILES string of the molecule is COc1ccc(Cl)cc1S(=O)(=O)N1C[C@@H]2COC[C@H](C1)N(CC(=O)O)C2. The van der Waals surface area contributed by atoms with Gasteiger partial charge in [-0.1, -0.05) is 11.6 Å². The summed E-state index contributed by atoms with van der Waals surface area (Å²) in [6.45, 7) is 1.44. The quantitative estimate of drug-likeness (QED) is 0.773. The van der Waals surface area contributed by atoms with Gasteiger partial charge in [-0.2, -0.15) is 4.31 Å². The van der Waals surface area contributed by atoms with Crippen LogP contribution in [0.5, 0.6) is 5.75 Å². The predicted molar refractivity (Wildman–Crippen MR) is 94.1 cm³/mol. The number of carboxylic acids is 1. The lowest BCUT2D eigenvalue weighted by atomic mass is 10.1. The number of hydrogen-bond acceptors (Lipinski definition) is 6. The number of hydrogen-bond donors (Lipinski definition) is 1. The van der Waals surface area contributed by atoms with Gasteiger partial charge in [-0.15, -0.1) is 0 Å². The topological polar surface area (TPSA) is 96.4 Å². The van der Waals surface area contributed by atoms with Crippen molar-refractivity contribution in [2.24, 2.45) is 5.92 Å². The number of methoxy groups -OCH3 is 1. The number of carbonyl (C=O) groups is 1. The zero-order valence-corrected chi connectivity index (χ0v) is 15.9. The minimum absolute atomic E-state index is 0.0122. The number of carboxylic acid groups (broad SMARTS) is 1. The summed E-state index contributed by atoms with van der Waals surface area (Å²) in [4.78, 5) is 12.9. The van der Waals surface area contributed by atoms with Crippen LogP contribution in [0, 0.1) is 5.92 Å². The average molecular weight is 405 g/mol. The van der Waals surface area contributed by atoms with Crippen molar-refractivity contribution in [1.82, 2.24) is 9.21 Å². The molecule has 2 aliphatic heterocycles. The third-order valence-electron chi connectivity index (χ3n) is 4.63. The second kappa shape index (κ2) is 7.69. The molecule has 8 nitrogen and oxygen atoms in total. The number of benzene rings is 1. The van der Waals surface area contributed by atoms with Crippen molar-refractivity contribution < 1.29 is 27.8 Å². The van der Waals surface area contributed by atoms with Gasteiger partial charge >= 0.3 is 5.97 Å². The van der Waals surface area contributed by atoms with Crippen molar-refractivity contribution in [1.29, 1.82) is 0 Å². The highest BCUT2D eigenvalue weighted by molar-refractivity contribution is 7.89. The van der Waals surface area contributed by atoms with Crippen LogP contribution in [0.1, 0.15) is 0 Å². The van der Waals surface area contributed by atoms with Gasteiger partial charge in [-0.25, -0.2) is 8.42 Å². The van der Waals surface area contributed by atoms with Crippen LogP contribution >= 0.6 is 11.6 Å². The van der Waals surface area contributed by atoms with Gasteiger partial charge in [0.05, 0.1) is 26.9 Å². The number of ether oxygens (including phenoxy) is 2. The molecule has 0 amide bonds. The van der Waals surface area contributed by atoms with Crippen LogP contribution in [0.25, 0.3) is 0 Å². The molecule has 2 aliphatic rings. The molecule has 2 atom stereocenters. The number of rotatable bonds is 5. The van der Waals surface area contributed by atoms with Crippen molar-refractivity contribution in [2.75, 3.05) is 46.5 Å². The fourth-order valence-corrected chi connectivity index (χ4v) is 5.41. The molecule has 2 saturated heterocycles. The second-order valence-electron chi connectivity index (χ2n) is 6.50. The van der Waals surface area contributed by atoms with Gasteiger partial charge in [0.1, 0.15) is 10.6 Å². The summed E-state index contributed by atoms with van der Waals surface area (Å²) < 4.78 is 38.7. The largest absolute Gasteiger partial charge is 0.495 e. The first kappa shape index (κ1) is 19.4. The lowest BCUT2D eigenvalue weighted by molar-refractivity contribution is -0.139. The lowest BCUT2D eigenvalue weighted by Gasteiger charge is -2.30. The first-order valence-electron chi connectivity index (χ1n) is 8.18. The Labute approximate surface area is 157 Å². The first-order valence-corrected chi connectivity index (χ1v) is 10.0. The molecule has 26 heavy (non-hydrogen) atoms. The molecule has 1 aromatic carbocycles. The monoisotopic (exact) mass is 404 g/mol. The summed E-state index contributed by atoms with van der Waals surface area (Å²) >= 11 is 6.00. The summed E-state index contributed by atoms with van der Waals surface area (Å²) in [6.07, 6.45) is 0. The molecular formula is C16H21ClN2O6S. The summed E-state index contributed by atoms with van der Waals surface area (Å²) in [5.74, 6) is -0.826. The van der Waals surface area contributed by atoms with E-state index in [0.29, 0.717) is 24.8 Å². The normalized spacial score (nSPS) is 24.8. The van der Waals surface area contributed by atoms with Crippen LogP contribution in [0.4, 0.5) is 0 Å². The van der Waals surface area contributed by atoms with Gasteiger partial charge in [-0.05, 0) is 18.2 Å². The van der Waals surface area contributed by atoms with E-state index in [1.54, 1.807) is 11.0 Å². The zero-order valence-electron chi connectivity index (χ0n) is 14.3. The molecule has 0 aromatic heterocycles. The van der Waals surface area contributed by atoms with Crippen LogP contribution in [0.3, 0.4) is 0 Å². The molecule has 2 heterocycles. The molecule has 3 rings (SSSR count). The molecule has 0 unspecified atom stereocenters. The Morgan fingerprint density at radius 1 is 1.35 bits per heavy atom. The number of halogens is 1. The molecular weight excluding hydrogens is 384 g/mol. The Bertz CT molecular complexity index is 787. The van der Waals surface area contributed by atoms with E-state index in [9.17, 15) is 13.2 Å². The highest BCUT2D eigenvalue weighted by Gasteiger charge is 2.39. The van der Waals surface area contributed by atoms with E-state index in [1.807, 2.05) is 0 Å². The van der Waals surface area contributed by atoms with Crippen LogP contribution in [0.2, 0.25) is 5.02 Å². The highest BCUT2D eigenvalue weighted by Crippen LogP contribution is 2.32. The maximum atomic E-state index is 13.2. The number of sulfonamides is 1. The lowest BCUT2D eigenvalue weighted by Crippen LogP contribution is -2.47. The van der Waals surface area contributed by atoms with E-state index in [-0.39, 0.29) is 42.2 Å². The minimum Gasteiger partial charge on any atom is -0.495 e. The number of nitrogens with zero attached hydrogens (tertiary/aromatic N) is 2. The second-order valence-corrected chi connectivity index (χ2v) is 8.84. The predicted octanol–water partition coefficient (Wildman–Crippen LogP) is 0.755. The summed E-state index contributed by atoms with van der Waals surface area (Å²) in [7, 11) is -2.45. The van der Waals surface area contributed by atoms with E-state index in [2.05, 4.69) is 0 Å². The third-order valence-corrected chi connectivity index (χ3v) is 6.72. The molecule has 1 N–H and O–H groups in total. The molecule has 1 aromatic rings. The number of aliphatic carboxylic acids is 1. The van der Waals surface area contributed by atoms with Crippen LogP contribution in [0.15, 0.2) is 23.1 Å². The fraction of sp³-hybridized carbons (Fsp3) is 0.562. The van der Waals surface area contributed by atoms with Crippen LogP contribution in [-0.4, -0.2) is 81.2 Å². The van der Waals surface area contributed by atoms with Crippen molar-refractivity contribution in [3.63, 3.8) is 0 Å². The average Bonchev–Trinajstić information content (AvgIpc) is 2.84. The van der Waals surface area contributed by atoms with Gasteiger partial charge in [0.25, 0.3) is 0 Å². The van der Waals surface area contributed by atoms with Gasteiger partial charge in [0, 0.05) is 36.6 Å². The highest BCUT2D eigenvalue weighted by atomic mass is 35.5. The van der Waals surface area contributed by atoms with Gasteiger partial charge in [-0.3, -0.25) is 9.69 Å². The fourth-order valence-electron chi connectivity index (χ4n) is 3.44. The minimum atomic E-state index is -3.85. The maximum absolute atomic E-state index is 13.2. The van der Waals surface area contributed by atoms with Crippen molar-refractivity contribution in [3.8, 4) is 5.75 Å². The van der Waals surface area contributed by atoms with Gasteiger partial charge in [0.15, 0.2) is 0 Å². The van der Waals surface area contributed by atoms with E-state index < -0.39 is 16.0 Å². The molecule has 10 heteroatoms. The molecule has 2 fully saturated rings. The van der Waals surface area contributed by atoms with Crippen LogP contribution in [-0.2, 0) is 19.6 Å². The van der Waals surface area contributed by atoms with E-state index in [1.165, 1.54) is 23.5 Å². The molecule has 0 saturated carbocycles. The third kappa shape index (κ3) is 3.96. The van der Waals surface area contributed by atoms with Crippen molar-refractivity contribution >= 4 is 27.6 Å². The Kier molecular flexibility index (Phi) is 5.73. The molecule has 0 radical (unpaired) electrons. The Balaban J connectivity index is 1.94. The standard InChI is InChI=1S/C16H21ClN2O6S/c1-24-14-3-2-12(17)4-15(14)26(22,23)19-6-11-5-18(8-16(20)21)13(7-19)10-25-9-11/h2-4,11,13H,5-10H2,1H3,(H,20,21)/t11-,13+/m1/s1. The zero-order chi connectivity index (χ0) is 18.9. The Morgan fingerprint density at radius 2 is 2.12 bits per heavy atom. The van der Waals surface area contributed by atoms with E-state index in [4.69, 9.17) is 26.2 Å². The van der Waals surface area contributed by atoms with E-state index >= 15 is 0 Å². The van der Waals surface area contributed by atoms with Crippen molar-refractivity contribution in [3.05, 3.63) is 23.2 Å². The molecule has 0 aliphatic carbocycles. The molecule has 144 valence electrons. The number of fused-ring (bicyclic) bond motifs is 3. The molecule has 2 bridgehead atoms. The van der Waals surface area contributed by atoms with Crippen molar-refractivity contribution in [2.45, 2.75) is 10.9 Å². The summed E-state index contributed by atoms with van der Waals surface area (Å²) in [5.41, 5.74) is 0. The molecule has 0 spiro atoms. The van der Waals surface area contributed by atoms with Gasteiger partial charge in [0.2, 0.25) is 10.0 Å². The first-order chi connectivity index (χ1) is 12.3. The smallest absolute Gasteiger partial charge is 0.317 e. The van der Waals surface area contributed by atoms with Gasteiger partial charge < -0.3 is 14.6 Å². The van der Waals surface area contributed by atoms with Crippen LogP contribution < -0.4 is 4.74 Å². The summed E-state index contributed by atoms with van der Waals surface area (Å²) in [6, 6.07) is 4.15. The maximum Gasteiger partial charge on any atom is 0.317 e. The Hall–Kier alpha value is -1.39.